The molecule has 4 amide bonds. The molecule has 1 saturated carbocycles. The highest BCUT2D eigenvalue weighted by Gasteiger charge is 2.62. The fourth-order valence-electron chi connectivity index (χ4n) is 6.87. The molecular weight excluding hydrogens is 580 g/mol. The fraction of sp³-hybridized carbons (Fsp3) is 0.667. The van der Waals surface area contributed by atoms with E-state index < -0.39 is 59.3 Å². The van der Waals surface area contributed by atoms with Crippen LogP contribution < -0.4 is 10.6 Å². The lowest BCUT2D eigenvalue weighted by Gasteiger charge is -2.30. The summed E-state index contributed by atoms with van der Waals surface area (Å²) >= 11 is 0. The number of hydrogen-bond acceptors (Lipinski definition) is 7. The van der Waals surface area contributed by atoms with E-state index in [4.69, 9.17) is 9.47 Å². The number of fused-ring (bicyclic) bond motifs is 3. The van der Waals surface area contributed by atoms with Crippen LogP contribution in [0.15, 0.2) is 24.3 Å². The first-order chi connectivity index (χ1) is 21.4. The molecule has 12 nitrogen and oxygen atoms in total. The van der Waals surface area contributed by atoms with Gasteiger partial charge in [0.05, 0.1) is 6.54 Å². The molecule has 0 radical (unpaired) electrons. The lowest BCUT2D eigenvalue weighted by atomic mass is 10.0. The highest BCUT2D eigenvalue weighted by atomic mass is 16.6. The van der Waals surface area contributed by atoms with E-state index >= 15 is 0 Å². The van der Waals surface area contributed by atoms with Gasteiger partial charge in [0.2, 0.25) is 11.8 Å². The van der Waals surface area contributed by atoms with Gasteiger partial charge in [0.25, 0.3) is 0 Å². The van der Waals surface area contributed by atoms with Crippen LogP contribution in [0.1, 0.15) is 89.7 Å². The fourth-order valence-corrected chi connectivity index (χ4v) is 6.87. The third kappa shape index (κ3) is 7.70. The van der Waals surface area contributed by atoms with Crippen LogP contribution in [0.25, 0.3) is 0 Å². The van der Waals surface area contributed by atoms with E-state index in [2.05, 4.69) is 10.6 Å². The van der Waals surface area contributed by atoms with E-state index in [0.717, 1.165) is 31.2 Å². The normalized spacial score (nSPS) is 29.1. The van der Waals surface area contributed by atoms with Gasteiger partial charge in [0.1, 0.15) is 29.3 Å². The van der Waals surface area contributed by atoms with Crippen LogP contribution in [-0.4, -0.2) is 87.3 Å². The van der Waals surface area contributed by atoms with Crippen LogP contribution in [0.5, 0.6) is 0 Å². The molecule has 3 heterocycles. The maximum absolute atomic E-state index is 14.1. The Kier molecular flexibility index (Phi) is 9.60. The zero-order valence-corrected chi connectivity index (χ0v) is 26.5. The SMILES string of the molecule is CC(C)(C)OC(=O)N[C@H]1CCCCCCC[C@H]2C[C@@]2(C(=O)O)NC(=O)[C@@H]2C[C@@H](OC(=O)N3CCc4ccccc4C3)CN2C1=O. The molecular formula is C33H46N4O8. The molecule has 246 valence electrons. The van der Waals surface area contributed by atoms with Crippen molar-refractivity contribution >= 4 is 30.0 Å². The summed E-state index contributed by atoms with van der Waals surface area (Å²) in [5.41, 5.74) is 0.0903. The summed E-state index contributed by atoms with van der Waals surface area (Å²) in [6.07, 6.45) is 4.25. The predicted octanol–water partition coefficient (Wildman–Crippen LogP) is 3.75. The second kappa shape index (κ2) is 13.3. The summed E-state index contributed by atoms with van der Waals surface area (Å²) in [5, 5.41) is 15.6. The van der Waals surface area contributed by atoms with Crippen LogP contribution in [0.3, 0.4) is 0 Å². The van der Waals surface area contributed by atoms with E-state index in [-0.39, 0.29) is 18.9 Å². The van der Waals surface area contributed by atoms with E-state index in [1.165, 1.54) is 10.5 Å². The topological polar surface area (TPSA) is 155 Å². The third-order valence-electron chi connectivity index (χ3n) is 9.37. The number of carbonyl (C=O) groups is 5. The zero-order chi connectivity index (χ0) is 32.4. The minimum absolute atomic E-state index is 0.0211. The van der Waals surface area contributed by atoms with Crippen LogP contribution in [0.2, 0.25) is 0 Å². The summed E-state index contributed by atoms with van der Waals surface area (Å²) in [6, 6.07) is 5.89. The molecule has 3 fully saturated rings. The Bertz CT molecular complexity index is 1310. The molecule has 3 aliphatic heterocycles. The first kappa shape index (κ1) is 32.6. The smallest absolute Gasteiger partial charge is 0.410 e. The van der Waals surface area contributed by atoms with Gasteiger partial charge in [0.15, 0.2) is 0 Å². The van der Waals surface area contributed by atoms with Crippen LogP contribution in [0.4, 0.5) is 9.59 Å². The number of alkyl carbamates (subject to hydrolysis) is 1. The Morgan fingerprint density at radius 2 is 1.71 bits per heavy atom. The Labute approximate surface area is 264 Å². The van der Waals surface area contributed by atoms with Gasteiger partial charge in [-0.15, -0.1) is 0 Å². The largest absolute Gasteiger partial charge is 0.479 e. The maximum Gasteiger partial charge on any atom is 0.410 e. The van der Waals surface area contributed by atoms with Crippen molar-refractivity contribution in [3.8, 4) is 0 Å². The number of carboxylic acids is 1. The summed E-state index contributed by atoms with van der Waals surface area (Å²) in [4.78, 5) is 69.2. The first-order valence-corrected chi connectivity index (χ1v) is 16.2. The van der Waals surface area contributed by atoms with Crippen molar-refractivity contribution in [3.05, 3.63) is 35.4 Å². The van der Waals surface area contributed by atoms with Gasteiger partial charge >= 0.3 is 18.2 Å². The summed E-state index contributed by atoms with van der Waals surface area (Å²) in [6.45, 7) is 6.03. The van der Waals surface area contributed by atoms with Gasteiger partial charge in [-0.3, -0.25) is 9.59 Å². The molecule has 4 aliphatic rings. The molecule has 5 atom stereocenters. The van der Waals surface area contributed by atoms with Crippen molar-refractivity contribution < 1.29 is 38.6 Å². The zero-order valence-electron chi connectivity index (χ0n) is 26.5. The van der Waals surface area contributed by atoms with Gasteiger partial charge in [-0.25, -0.2) is 14.4 Å². The van der Waals surface area contributed by atoms with Crippen molar-refractivity contribution in [1.29, 1.82) is 0 Å². The molecule has 0 aromatic heterocycles. The van der Waals surface area contributed by atoms with Crippen molar-refractivity contribution in [2.24, 2.45) is 5.92 Å². The number of ether oxygens (including phenoxy) is 2. The quantitative estimate of drug-likeness (QED) is 0.459. The van der Waals surface area contributed by atoms with Gasteiger partial charge < -0.3 is 35.0 Å². The van der Waals surface area contributed by atoms with Gasteiger partial charge in [-0.05, 0) is 63.5 Å². The Balaban J connectivity index is 1.36. The average molecular weight is 627 g/mol. The van der Waals surface area contributed by atoms with Gasteiger partial charge in [0, 0.05) is 19.5 Å². The minimum Gasteiger partial charge on any atom is -0.479 e. The first-order valence-electron chi connectivity index (χ1n) is 16.2. The predicted molar refractivity (Wildman–Crippen MR) is 163 cm³/mol. The van der Waals surface area contributed by atoms with Gasteiger partial charge in [-0.1, -0.05) is 56.4 Å². The van der Waals surface area contributed by atoms with Crippen LogP contribution >= 0.6 is 0 Å². The summed E-state index contributed by atoms with van der Waals surface area (Å²) < 4.78 is 11.3. The molecule has 1 aromatic carbocycles. The monoisotopic (exact) mass is 626 g/mol. The van der Waals surface area contributed by atoms with E-state index in [0.29, 0.717) is 45.2 Å². The molecule has 12 heteroatoms. The van der Waals surface area contributed by atoms with Crippen molar-refractivity contribution in [2.45, 2.75) is 121 Å². The maximum atomic E-state index is 14.1. The molecule has 0 bridgehead atoms. The average Bonchev–Trinajstić information content (AvgIpc) is 3.51. The second-order valence-corrected chi connectivity index (χ2v) is 13.9. The van der Waals surface area contributed by atoms with E-state index in [1.807, 2.05) is 24.3 Å². The summed E-state index contributed by atoms with van der Waals surface area (Å²) in [7, 11) is 0. The molecule has 0 unspecified atom stereocenters. The van der Waals surface area contributed by atoms with Crippen molar-refractivity contribution in [2.75, 3.05) is 13.1 Å². The summed E-state index contributed by atoms with van der Waals surface area (Å²) in [5.74, 6) is -2.34. The molecule has 3 N–H and O–H groups in total. The lowest BCUT2D eigenvalue weighted by Crippen LogP contribution is -2.56. The Morgan fingerprint density at radius 1 is 1.02 bits per heavy atom. The van der Waals surface area contributed by atoms with Crippen molar-refractivity contribution in [1.82, 2.24) is 20.4 Å². The molecule has 2 saturated heterocycles. The highest BCUT2D eigenvalue weighted by molar-refractivity contribution is 5.96. The second-order valence-electron chi connectivity index (χ2n) is 13.9. The molecule has 45 heavy (non-hydrogen) atoms. The van der Waals surface area contributed by atoms with E-state index in [9.17, 15) is 29.1 Å². The molecule has 1 aliphatic carbocycles. The Morgan fingerprint density at radius 3 is 2.42 bits per heavy atom. The lowest BCUT2D eigenvalue weighted by molar-refractivity contribution is -0.146. The number of nitrogens with zero attached hydrogens (tertiary/aromatic N) is 2. The van der Waals surface area contributed by atoms with Gasteiger partial charge in [-0.2, -0.15) is 0 Å². The molecule has 1 aromatic rings. The number of aliphatic carboxylic acids is 1. The number of carbonyl (C=O) groups excluding carboxylic acids is 4. The van der Waals surface area contributed by atoms with Crippen LogP contribution in [-0.2, 0) is 36.8 Å². The van der Waals surface area contributed by atoms with Crippen molar-refractivity contribution in [3.63, 3.8) is 0 Å². The number of rotatable bonds is 3. The molecule has 0 spiro atoms. The standard InChI is InChI=1S/C33H46N4O8/c1-32(2,3)45-30(42)34-25-14-8-6-4-5-7-13-23-18-33(23,29(40)41)35-27(38)26-17-24(20-37(26)28(25)39)44-31(43)36-16-15-21-11-9-10-12-22(21)19-36/h9-12,23-26H,4-8,13-20H2,1-3H3,(H,34,42)(H,35,38)(H,40,41)/t23-,24+,25-,26-,33+/m0/s1. The highest BCUT2D eigenvalue weighted by Crippen LogP contribution is 2.47. The van der Waals surface area contributed by atoms with Crippen LogP contribution in [0, 0.1) is 5.92 Å². The molecule has 5 rings (SSSR count). The number of carboxylic acid groups (broad SMARTS) is 1. The minimum atomic E-state index is -1.36. The Hall–Kier alpha value is -3.83. The van der Waals surface area contributed by atoms with E-state index in [1.54, 1.807) is 25.7 Å². The number of nitrogens with one attached hydrogen (secondary N) is 2. The number of hydrogen-bond donors (Lipinski definition) is 3. The number of amides is 4. The third-order valence-corrected chi connectivity index (χ3v) is 9.37. The number of benzene rings is 1.